The first kappa shape index (κ1) is 22.0. The van der Waals surface area contributed by atoms with Gasteiger partial charge in [0.25, 0.3) is 11.5 Å². The first-order chi connectivity index (χ1) is 14.9. The number of fused-ring (bicyclic) bond motifs is 1. The van der Waals surface area contributed by atoms with E-state index in [1.165, 1.54) is 23.7 Å². The zero-order valence-corrected chi connectivity index (χ0v) is 17.8. The van der Waals surface area contributed by atoms with E-state index >= 15 is 0 Å². The van der Waals surface area contributed by atoms with Crippen LogP contribution in [0.4, 0.5) is 4.39 Å². The quantitative estimate of drug-likeness (QED) is 0.620. The van der Waals surface area contributed by atoms with Crippen LogP contribution in [0, 0.1) is 17.7 Å². The Morgan fingerprint density at radius 3 is 2.77 bits per heavy atom. The summed E-state index contributed by atoms with van der Waals surface area (Å²) in [5, 5.41) is 13.2. The fraction of sp³-hybridized carbons (Fsp3) is 0.292. The molecule has 0 bridgehead atoms. The lowest BCUT2D eigenvalue weighted by Crippen LogP contribution is -2.33. The highest BCUT2D eigenvalue weighted by molar-refractivity contribution is 6.01. The van der Waals surface area contributed by atoms with Gasteiger partial charge in [0.05, 0.1) is 5.52 Å². The predicted octanol–water partition coefficient (Wildman–Crippen LogP) is 3.27. The van der Waals surface area contributed by atoms with Crippen molar-refractivity contribution in [1.29, 1.82) is 0 Å². The number of nitrogens with zero attached hydrogens (tertiary/aromatic N) is 2. The number of hydrogen-bond donors (Lipinski definition) is 2. The van der Waals surface area contributed by atoms with Crippen molar-refractivity contribution < 1.29 is 14.3 Å². The summed E-state index contributed by atoms with van der Waals surface area (Å²) in [7, 11) is 1.53. The number of pyridine rings is 2. The van der Waals surface area contributed by atoms with Crippen LogP contribution in [0.1, 0.15) is 53.7 Å². The molecular formula is C24H24FN3O3. The van der Waals surface area contributed by atoms with E-state index in [4.69, 9.17) is 0 Å². The molecule has 31 heavy (non-hydrogen) atoms. The minimum atomic E-state index is -0.627. The molecule has 2 N–H and O–H groups in total. The summed E-state index contributed by atoms with van der Waals surface area (Å²) in [6.45, 7) is 4.21. The van der Waals surface area contributed by atoms with E-state index in [1.54, 1.807) is 18.3 Å². The third kappa shape index (κ3) is 4.58. The van der Waals surface area contributed by atoms with Crippen molar-refractivity contribution in [3.8, 4) is 17.6 Å². The molecule has 3 aromatic rings. The number of aromatic hydroxyl groups is 1. The van der Waals surface area contributed by atoms with Gasteiger partial charge < -0.3 is 15.0 Å². The Labute approximate surface area is 179 Å². The molecule has 1 aromatic carbocycles. The molecule has 0 fully saturated rings. The predicted molar refractivity (Wildman–Crippen MR) is 118 cm³/mol. The minimum Gasteiger partial charge on any atom is -0.505 e. The number of aryl methyl sites for hydroxylation is 1. The first-order valence-corrected chi connectivity index (χ1v) is 10.1. The van der Waals surface area contributed by atoms with Crippen molar-refractivity contribution in [3.05, 3.63) is 68.9 Å². The molecule has 0 saturated heterocycles. The second-order valence-corrected chi connectivity index (χ2v) is 7.19. The Hall–Kier alpha value is -3.66. The zero-order valence-electron chi connectivity index (χ0n) is 17.8. The molecule has 0 spiro atoms. The molecule has 0 radical (unpaired) electrons. The van der Waals surface area contributed by atoms with E-state index in [2.05, 4.69) is 22.1 Å². The maximum Gasteiger partial charge on any atom is 0.267 e. The van der Waals surface area contributed by atoms with Gasteiger partial charge in [-0.3, -0.25) is 14.6 Å². The first-order valence-electron chi connectivity index (χ1n) is 10.1. The Bertz CT molecular complexity index is 1270. The molecule has 3 rings (SSSR count). The average molecular weight is 421 g/mol. The van der Waals surface area contributed by atoms with E-state index in [9.17, 15) is 19.1 Å². The SMILES string of the molecule is CCC#Cc1cc(F)ccc1Cc1cnc2c(O)c(C(=O)NCCC)c(=O)n(C)c2c1. The van der Waals surface area contributed by atoms with Crippen molar-refractivity contribution in [3.63, 3.8) is 0 Å². The van der Waals surface area contributed by atoms with E-state index in [1.807, 2.05) is 13.8 Å². The number of hydrogen-bond acceptors (Lipinski definition) is 4. The Morgan fingerprint density at radius 1 is 1.29 bits per heavy atom. The van der Waals surface area contributed by atoms with E-state index < -0.39 is 17.2 Å². The van der Waals surface area contributed by atoms with Gasteiger partial charge >= 0.3 is 0 Å². The third-order valence-electron chi connectivity index (χ3n) is 4.89. The van der Waals surface area contributed by atoms with Gasteiger partial charge in [-0.05, 0) is 35.7 Å². The summed E-state index contributed by atoms with van der Waals surface area (Å²) < 4.78 is 15.0. The number of halogens is 1. The van der Waals surface area contributed by atoms with Crippen molar-refractivity contribution in [2.75, 3.05) is 6.54 Å². The van der Waals surface area contributed by atoms with Crippen LogP contribution < -0.4 is 10.9 Å². The lowest BCUT2D eigenvalue weighted by Gasteiger charge is -2.13. The maximum absolute atomic E-state index is 13.7. The van der Waals surface area contributed by atoms with Crippen molar-refractivity contribution >= 4 is 16.9 Å². The van der Waals surface area contributed by atoms with Crippen LogP contribution in [0.3, 0.4) is 0 Å². The average Bonchev–Trinajstić information content (AvgIpc) is 2.76. The highest BCUT2D eigenvalue weighted by Crippen LogP contribution is 2.26. The van der Waals surface area contributed by atoms with Gasteiger partial charge in [0.15, 0.2) is 5.75 Å². The standard InChI is InChI=1S/C24H24FN3O3/c1-4-6-7-16-13-18(25)9-8-17(16)11-15-12-19-21(27-14-15)22(29)20(24(31)28(19)3)23(30)26-10-5-2/h8-9,12-14,29H,4-5,10-11H2,1-3H3,(H,26,30). The number of rotatable bonds is 5. The van der Waals surface area contributed by atoms with Crippen LogP contribution in [0.5, 0.6) is 5.75 Å². The van der Waals surface area contributed by atoms with Gasteiger partial charge in [0.1, 0.15) is 16.9 Å². The van der Waals surface area contributed by atoms with Gasteiger partial charge in [-0.25, -0.2) is 4.39 Å². The molecule has 0 aliphatic carbocycles. The molecule has 1 amide bonds. The fourth-order valence-electron chi connectivity index (χ4n) is 3.28. The number of carbonyl (C=O) groups is 1. The van der Waals surface area contributed by atoms with E-state index in [-0.39, 0.29) is 16.9 Å². The smallest absolute Gasteiger partial charge is 0.267 e. The van der Waals surface area contributed by atoms with Gasteiger partial charge in [0, 0.05) is 38.2 Å². The lowest BCUT2D eigenvalue weighted by atomic mass is 10.00. The second kappa shape index (κ2) is 9.43. The number of carbonyl (C=O) groups excluding carboxylic acids is 1. The molecule has 0 atom stereocenters. The van der Waals surface area contributed by atoms with E-state index in [0.717, 1.165) is 11.1 Å². The van der Waals surface area contributed by atoms with Crippen molar-refractivity contribution in [2.24, 2.45) is 7.05 Å². The molecular weight excluding hydrogens is 397 g/mol. The number of aromatic nitrogens is 2. The largest absolute Gasteiger partial charge is 0.505 e. The number of amides is 1. The Balaban J connectivity index is 2.06. The highest BCUT2D eigenvalue weighted by atomic mass is 19.1. The van der Waals surface area contributed by atoms with Crippen LogP contribution in [-0.4, -0.2) is 27.1 Å². The van der Waals surface area contributed by atoms with Crippen LogP contribution in [-0.2, 0) is 13.5 Å². The summed E-state index contributed by atoms with van der Waals surface area (Å²) in [5.41, 5.74) is 1.83. The zero-order chi connectivity index (χ0) is 22.5. The normalized spacial score (nSPS) is 10.6. The van der Waals surface area contributed by atoms with Gasteiger partial charge in [-0.1, -0.05) is 31.8 Å². The van der Waals surface area contributed by atoms with Crippen LogP contribution in [0.2, 0.25) is 0 Å². The fourth-order valence-corrected chi connectivity index (χ4v) is 3.28. The van der Waals surface area contributed by atoms with Crippen molar-refractivity contribution in [1.82, 2.24) is 14.9 Å². The number of benzene rings is 1. The summed E-state index contributed by atoms with van der Waals surface area (Å²) in [6.07, 6.45) is 3.35. The van der Waals surface area contributed by atoms with Gasteiger partial charge in [-0.2, -0.15) is 0 Å². The molecule has 160 valence electrons. The molecule has 7 heteroatoms. The molecule has 0 aliphatic rings. The molecule has 2 heterocycles. The number of nitrogens with one attached hydrogen (secondary N) is 1. The summed E-state index contributed by atoms with van der Waals surface area (Å²) in [4.78, 5) is 29.4. The van der Waals surface area contributed by atoms with Gasteiger partial charge in [0.2, 0.25) is 0 Å². The second-order valence-electron chi connectivity index (χ2n) is 7.19. The summed E-state index contributed by atoms with van der Waals surface area (Å²) >= 11 is 0. The molecule has 0 saturated carbocycles. The van der Waals surface area contributed by atoms with Crippen molar-refractivity contribution in [2.45, 2.75) is 33.1 Å². The topological polar surface area (TPSA) is 84.2 Å². The Kier molecular flexibility index (Phi) is 6.71. The third-order valence-corrected chi connectivity index (χ3v) is 4.89. The monoisotopic (exact) mass is 421 g/mol. The maximum atomic E-state index is 13.7. The van der Waals surface area contributed by atoms with Crippen LogP contribution in [0.25, 0.3) is 11.0 Å². The Morgan fingerprint density at radius 2 is 2.06 bits per heavy atom. The van der Waals surface area contributed by atoms with E-state index in [0.29, 0.717) is 36.9 Å². The molecule has 2 aromatic heterocycles. The molecule has 0 aliphatic heterocycles. The van der Waals surface area contributed by atoms with Crippen LogP contribution >= 0.6 is 0 Å². The summed E-state index contributed by atoms with van der Waals surface area (Å²) in [6, 6.07) is 6.19. The molecule has 0 unspecified atom stereocenters. The minimum absolute atomic E-state index is 0.164. The van der Waals surface area contributed by atoms with Gasteiger partial charge in [-0.15, -0.1) is 0 Å². The summed E-state index contributed by atoms with van der Waals surface area (Å²) in [5.74, 6) is 4.51. The lowest BCUT2D eigenvalue weighted by molar-refractivity contribution is 0.0949. The molecule has 6 nitrogen and oxygen atoms in total. The highest BCUT2D eigenvalue weighted by Gasteiger charge is 2.22. The van der Waals surface area contributed by atoms with Crippen LogP contribution in [0.15, 0.2) is 35.3 Å².